The Balaban J connectivity index is 2.14. The Hall–Kier alpha value is -3.02. The van der Waals surface area contributed by atoms with Gasteiger partial charge < -0.3 is 9.64 Å². The summed E-state index contributed by atoms with van der Waals surface area (Å²) in [6, 6.07) is 9.76. The van der Waals surface area contributed by atoms with Crippen LogP contribution in [0.25, 0.3) is 11.1 Å². The molecule has 0 fully saturated rings. The molecule has 0 unspecified atom stereocenters. The number of hydrogen-bond donors (Lipinski definition) is 0. The molecular formula is C19H21N3O3. The molecule has 0 aliphatic carbocycles. The Morgan fingerprint density at radius 2 is 1.76 bits per heavy atom. The van der Waals surface area contributed by atoms with Gasteiger partial charge in [-0.3, -0.25) is 4.79 Å². The molecule has 0 aliphatic heterocycles. The maximum atomic E-state index is 12.2. The standard InChI is InChI=1S/C19H21N3O3/c1-4-25-19(24)18(23)22(12-14(2)3)13-17-20-10-16(11-21-17)15-8-6-5-7-9-15/h5-11H,2,4,12-13H2,1,3H3. The fourth-order valence-electron chi connectivity index (χ4n) is 2.23. The number of hydrogen-bond acceptors (Lipinski definition) is 5. The van der Waals surface area contributed by atoms with Gasteiger partial charge in [0.2, 0.25) is 0 Å². The quantitative estimate of drug-likeness (QED) is 0.459. The number of benzene rings is 1. The Morgan fingerprint density at radius 1 is 1.12 bits per heavy atom. The summed E-state index contributed by atoms with van der Waals surface area (Å²) in [5, 5.41) is 0. The SMILES string of the molecule is C=C(C)CN(Cc1ncc(-c2ccccc2)cn1)C(=O)C(=O)OCC. The van der Waals surface area contributed by atoms with Crippen LogP contribution in [0.15, 0.2) is 54.9 Å². The van der Waals surface area contributed by atoms with Crippen LogP contribution < -0.4 is 0 Å². The first kappa shape index (κ1) is 18.3. The molecule has 1 aromatic carbocycles. The number of amides is 1. The van der Waals surface area contributed by atoms with Crippen LogP contribution >= 0.6 is 0 Å². The molecule has 0 radical (unpaired) electrons. The summed E-state index contributed by atoms with van der Waals surface area (Å²) in [7, 11) is 0. The van der Waals surface area contributed by atoms with Crippen molar-refractivity contribution in [3.63, 3.8) is 0 Å². The van der Waals surface area contributed by atoms with E-state index in [-0.39, 0.29) is 19.7 Å². The molecule has 0 N–H and O–H groups in total. The minimum Gasteiger partial charge on any atom is -0.459 e. The lowest BCUT2D eigenvalue weighted by molar-refractivity contribution is -0.160. The first-order chi connectivity index (χ1) is 12.0. The maximum absolute atomic E-state index is 12.2. The molecule has 6 nitrogen and oxygen atoms in total. The van der Waals surface area contributed by atoms with Crippen LogP contribution in [0, 0.1) is 0 Å². The molecule has 6 heteroatoms. The molecule has 0 spiro atoms. The lowest BCUT2D eigenvalue weighted by Crippen LogP contribution is -2.38. The van der Waals surface area contributed by atoms with Crippen molar-refractivity contribution in [2.24, 2.45) is 0 Å². The number of rotatable bonds is 6. The molecule has 0 atom stereocenters. The van der Waals surface area contributed by atoms with Crippen molar-refractivity contribution in [2.45, 2.75) is 20.4 Å². The molecule has 1 aromatic heterocycles. The van der Waals surface area contributed by atoms with Gasteiger partial charge in [0.15, 0.2) is 0 Å². The lowest BCUT2D eigenvalue weighted by Gasteiger charge is -2.20. The zero-order chi connectivity index (χ0) is 18.2. The average molecular weight is 339 g/mol. The van der Waals surface area contributed by atoms with Crippen molar-refractivity contribution < 1.29 is 14.3 Å². The van der Waals surface area contributed by atoms with Crippen LogP contribution in [-0.2, 0) is 20.9 Å². The van der Waals surface area contributed by atoms with Crippen LogP contribution in [0.4, 0.5) is 0 Å². The van der Waals surface area contributed by atoms with Gasteiger partial charge in [0.25, 0.3) is 0 Å². The second-order valence-corrected chi connectivity index (χ2v) is 5.59. The summed E-state index contributed by atoms with van der Waals surface area (Å²) in [5.74, 6) is -1.16. The smallest absolute Gasteiger partial charge is 0.397 e. The largest absolute Gasteiger partial charge is 0.459 e. The monoisotopic (exact) mass is 339 g/mol. The van der Waals surface area contributed by atoms with Crippen LogP contribution in [-0.4, -0.2) is 39.9 Å². The predicted octanol–water partition coefficient (Wildman–Crippen LogP) is 2.61. The summed E-state index contributed by atoms with van der Waals surface area (Å²) in [6.07, 6.45) is 3.40. The van der Waals surface area contributed by atoms with E-state index < -0.39 is 11.9 Å². The summed E-state index contributed by atoms with van der Waals surface area (Å²) in [4.78, 5) is 33.9. The summed E-state index contributed by atoms with van der Waals surface area (Å²) in [5.41, 5.74) is 2.64. The highest BCUT2D eigenvalue weighted by molar-refractivity contribution is 6.32. The van der Waals surface area contributed by atoms with E-state index in [1.54, 1.807) is 26.2 Å². The van der Waals surface area contributed by atoms with E-state index in [9.17, 15) is 9.59 Å². The topological polar surface area (TPSA) is 72.4 Å². The second kappa shape index (κ2) is 8.73. The van der Waals surface area contributed by atoms with Gasteiger partial charge in [-0.05, 0) is 19.4 Å². The predicted molar refractivity (Wildman–Crippen MR) is 94.3 cm³/mol. The van der Waals surface area contributed by atoms with Gasteiger partial charge in [0.05, 0.1) is 13.2 Å². The third kappa shape index (κ3) is 5.24. The molecule has 0 saturated heterocycles. The second-order valence-electron chi connectivity index (χ2n) is 5.59. The summed E-state index contributed by atoms with van der Waals surface area (Å²) >= 11 is 0. The van der Waals surface area contributed by atoms with Gasteiger partial charge in [0, 0.05) is 24.5 Å². The van der Waals surface area contributed by atoms with E-state index in [0.717, 1.165) is 16.7 Å². The van der Waals surface area contributed by atoms with E-state index in [2.05, 4.69) is 16.5 Å². The molecule has 1 amide bonds. The van der Waals surface area contributed by atoms with Crippen LogP contribution in [0.1, 0.15) is 19.7 Å². The molecular weight excluding hydrogens is 318 g/mol. The molecule has 0 saturated carbocycles. The third-order valence-electron chi connectivity index (χ3n) is 3.34. The van der Waals surface area contributed by atoms with Gasteiger partial charge in [-0.25, -0.2) is 14.8 Å². The molecule has 2 rings (SSSR count). The molecule has 2 aromatic rings. The highest BCUT2D eigenvalue weighted by atomic mass is 16.5. The maximum Gasteiger partial charge on any atom is 0.397 e. The van der Waals surface area contributed by atoms with E-state index in [4.69, 9.17) is 4.74 Å². The minimum atomic E-state index is -0.885. The van der Waals surface area contributed by atoms with E-state index in [1.165, 1.54) is 4.90 Å². The Labute approximate surface area is 147 Å². The normalized spacial score (nSPS) is 10.2. The highest BCUT2D eigenvalue weighted by Gasteiger charge is 2.24. The van der Waals surface area contributed by atoms with E-state index in [0.29, 0.717) is 5.82 Å². The number of carbonyl (C=O) groups excluding carboxylic acids is 2. The Morgan fingerprint density at radius 3 is 2.32 bits per heavy atom. The Bertz CT molecular complexity index is 742. The number of esters is 1. The third-order valence-corrected chi connectivity index (χ3v) is 3.34. The molecule has 0 bridgehead atoms. The van der Waals surface area contributed by atoms with Crippen molar-refractivity contribution in [1.82, 2.24) is 14.9 Å². The van der Waals surface area contributed by atoms with Crippen molar-refractivity contribution in [3.05, 3.63) is 60.7 Å². The van der Waals surface area contributed by atoms with Gasteiger partial charge in [-0.2, -0.15) is 0 Å². The zero-order valence-electron chi connectivity index (χ0n) is 14.4. The lowest BCUT2D eigenvalue weighted by atomic mass is 10.1. The van der Waals surface area contributed by atoms with Gasteiger partial charge in [0.1, 0.15) is 5.82 Å². The first-order valence-corrected chi connectivity index (χ1v) is 7.98. The fraction of sp³-hybridized carbons (Fsp3) is 0.263. The van der Waals surface area contributed by atoms with Crippen LogP contribution in [0.5, 0.6) is 0 Å². The molecule has 1 heterocycles. The number of nitrogens with zero attached hydrogens (tertiary/aromatic N) is 3. The zero-order valence-corrected chi connectivity index (χ0v) is 14.4. The van der Waals surface area contributed by atoms with Gasteiger partial charge >= 0.3 is 11.9 Å². The Kier molecular flexibility index (Phi) is 6.39. The van der Waals surface area contributed by atoms with Crippen LogP contribution in [0.3, 0.4) is 0 Å². The van der Waals surface area contributed by atoms with Crippen molar-refractivity contribution >= 4 is 11.9 Å². The van der Waals surface area contributed by atoms with Gasteiger partial charge in [-0.15, -0.1) is 0 Å². The van der Waals surface area contributed by atoms with Crippen molar-refractivity contribution in [3.8, 4) is 11.1 Å². The summed E-state index contributed by atoms with van der Waals surface area (Å²) in [6.45, 7) is 7.72. The highest BCUT2D eigenvalue weighted by Crippen LogP contribution is 2.16. The molecule has 25 heavy (non-hydrogen) atoms. The average Bonchev–Trinajstić information content (AvgIpc) is 2.62. The van der Waals surface area contributed by atoms with Crippen molar-refractivity contribution in [1.29, 1.82) is 0 Å². The number of carbonyl (C=O) groups is 2. The first-order valence-electron chi connectivity index (χ1n) is 7.98. The minimum absolute atomic E-state index is 0.111. The fourth-order valence-corrected chi connectivity index (χ4v) is 2.23. The number of aromatic nitrogens is 2. The molecule has 130 valence electrons. The van der Waals surface area contributed by atoms with E-state index >= 15 is 0 Å². The summed E-state index contributed by atoms with van der Waals surface area (Å²) < 4.78 is 4.78. The number of ether oxygens (including phenoxy) is 1. The van der Waals surface area contributed by atoms with E-state index in [1.807, 2.05) is 30.3 Å². The molecule has 0 aliphatic rings. The van der Waals surface area contributed by atoms with Crippen molar-refractivity contribution in [2.75, 3.05) is 13.2 Å². The van der Waals surface area contributed by atoms with Gasteiger partial charge in [-0.1, -0.05) is 42.5 Å². The van der Waals surface area contributed by atoms with Crippen LogP contribution in [0.2, 0.25) is 0 Å².